The average molecular weight is 234 g/mol. The van der Waals surface area contributed by atoms with Gasteiger partial charge < -0.3 is 15.4 Å². The van der Waals surface area contributed by atoms with Crippen LogP contribution in [0.4, 0.5) is 5.69 Å². The van der Waals surface area contributed by atoms with Gasteiger partial charge in [0.05, 0.1) is 18.0 Å². The number of hydrogen-bond donors (Lipinski definition) is 2. The Labute approximate surface area is 101 Å². The topological polar surface area (TPSA) is 75.2 Å². The smallest absolute Gasteiger partial charge is 0.125 e. The SMILES string of the molecule is COC1CCCN(c2cnccc2C(=N)N)C1. The average Bonchev–Trinajstić information content (AvgIpc) is 2.39. The summed E-state index contributed by atoms with van der Waals surface area (Å²) in [6.45, 7) is 1.80. The van der Waals surface area contributed by atoms with E-state index in [1.54, 1.807) is 25.6 Å². The molecule has 0 radical (unpaired) electrons. The van der Waals surface area contributed by atoms with Gasteiger partial charge in [-0.15, -0.1) is 0 Å². The lowest BCUT2D eigenvalue weighted by molar-refractivity contribution is 0.0893. The van der Waals surface area contributed by atoms with Gasteiger partial charge in [0.15, 0.2) is 0 Å². The maximum absolute atomic E-state index is 7.58. The molecule has 1 atom stereocenters. The van der Waals surface area contributed by atoms with E-state index in [1.165, 1.54) is 0 Å². The van der Waals surface area contributed by atoms with Crippen molar-refractivity contribution in [2.75, 3.05) is 25.1 Å². The summed E-state index contributed by atoms with van der Waals surface area (Å²) in [6.07, 6.45) is 5.86. The molecule has 5 nitrogen and oxygen atoms in total. The number of ether oxygens (including phenoxy) is 1. The van der Waals surface area contributed by atoms with Crippen molar-refractivity contribution in [2.24, 2.45) is 5.73 Å². The Morgan fingerprint density at radius 2 is 2.47 bits per heavy atom. The molecule has 1 unspecified atom stereocenters. The zero-order valence-corrected chi connectivity index (χ0v) is 10.0. The third kappa shape index (κ3) is 2.55. The van der Waals surface area contributed by atoms with Crippen molar-refractivity contribution < 1.29 is 4.74 Å². The Balaban J connectivity index is 2.24. The van der Waals surface area contributed by atoms with Gasteiger partial charge in [0.1, 0.15) is 5.84 Å². The fourth-order valence-electron chi connectivity index (χ4n) is 2.22. The number of amidine groups is 1. The van der Waals surface area contributed by atoms with Crippen LogP contribution in [-0.4, -0.2) is 37.1 Å². The molecule has 17 heavy (non-hydrogen) atoms. The van der Waals surface area contributed by atoms with E-state index in [0.29, 0.717) is 0 Å². The van der Waals surface area contributed by atoms with Gasteiger partial charge in [-0.3, -0.25) is 10.4 Å². The van der Waals surface area contributed by atoms with Crippen LogP contribution >= 0.6 is 0 Å². The lowest BCUT2D eigenvalue weighted by atomic mass is 10.1. The molecule has 0 saturated carbocycles. The number of nitrogens with one attached hydrogen (secondary N) is 1. The lowest BCUT2D eigenvalue weighted by Crippen LogP contribution is -2.40. The molecule has 0 aliphatic carbocycles. The van der Waals surface area contributed by atoms with E-state index in [0.717, 1.165) is 37.2 Å². The molecule has 0 aromatic carbocycles. The Hall–Kier alpha value is -1.62. The van der Waals surface area contributed by atoms with Crippen molar-refractivity contribution in [3.8, 4) is 0 Å². The molecule has 3 N–H and O–H groups in total. The van der Waals surface area contributed by atoms with Gasteiger partial charge >= 0.3 is 0 Å². The molecular formula is C12H18N4O. The molecular weight excluding hydrogens is 216 g/mol. The monoisotopic (exact) mass is 234 g/mol. The number of pyridine rings is 1. The molecule has 5 heteroatoms. The highest BCUT2D eigenvalue weighted by molar-refractivity contribution is 6.00. The first kappa shape index (κ1) is 11.9. The minimum absolute atomic E-state index is 0.0851. The van der Waals surface area contributed by atoms with Crippen LogP contribution in [0.5, 0.6) is 0 Å². The van der Waals surface area contributed by atoms with E-state index >= 15 is 0 Å². The summed E-state index contributed by atoms with van der Waals surface area (Å²) in [4.78, 5) is 6.31. The fourth-order valence-corrected chi connectivity index (χ4v) is 2.22. The van der Waals surface area contributed by atoms with Crippen LogP contribution in [0.3, 0.4) is 0 Å². The van der Waals surface area contributed by atoms with Crippen molar-refractivity contribution in [2.45, 2.75) is 18.9 Å². The zero-order chi connectivity index (χ0) is 12.3. The second-order valence-electron chi connectivity index (χ2n) is 4.25. The predicted molar refractivity (Wildman–Crippen MR) is 67.5 cm³/mol. The van der Waals surface area contributed by atoms with Crippen molar-refractivity contribution in [1.82, 2.24) is 4.98 Å². The van der Waals surface area contributed by atoms with E-state index in [4.69, 9.17) is 15.9 Å². The van der Waals surface area contributed by atoms with E-state index in [-0.39, 0.29) is 11.9 Å². The number of aromatic nitrogens is 1. The van der Waals surface area contributed by atoms with Crippen LogP contribution in [0.2, 0.25) is 0 Å². The number of nitrogens with zero attached hydrogens (tertiary/aromatic N) is 2. The second-order valence-corrected chi connectivity index (χ2v) is 4.25. The Morgan fingerprint density at radius 1 is 1.65 bits per heavy atom. The van der Waals surface area contributed by atoms with Crippen LogP contribution in [0.15, 0.2) is 18.5 Å². The first-order valence-corrected chi connectivity index (χ1v) is 5.78. The molecule has 0 spiro atoms. The minimum Gasteiger partial charge on any atom is -0.384 e. The molecule has 1 aliphatic rings. The molecule has 0 amide bonds. The molecule has 92 valence electrons. The van der Waals surface area contributed by atoms with Gasteiger partial charge in [-0.05, 0) is 18.9 Å². The van der Waals surface area contributed by atoms with Gasteiger partial charge in [-0.2, -0.15) is 0 Å². The summed E-state index contributed by atoms with van der Waals surface area (Å²) in [6, 6.07) is 1.79. The maximum Gasteiger partial charge on any atom is 0.125 e. The summed E-state index contributed by atoms with van der Waals surface area (Å²) in [5, 5.41) is 7.58. The first-order chi connectivity index (χ1) is 8.22. The predicted octanol–water partition coefficient (Wildman–Crippen LogP) is 0.981. The van der Waals surface area contributed by atoms with Crippen molar-refractivity contribution in [3.05, 3.63) is 24.0 Å². The quantitative estimate of drug-likeness (QED) is 0.604. The summed E-state index contributed by atoms with van der Waals surface area (Å²) >= 11 is 0. The molecule has 1 aromatic rings. The standard InChI is InChI=1S/C12H18N4O/c1-17-9-3-2-6-16(8-9)11-7-15-5-4-10(11)12(13)14/h4-5,7,9H,2-3,6,8H2,1H3,(H3,13,14). The fraction of sp³-hybridized carbons (Fsp3) is 0.500. The zero-order valence-electron chi connectivity index (χ0n) is 10.0. The van der Waals surface area contributed by atoms with Crippen LogP contribution in [0, 0.1) is 5.41 Å². The number of methoxy groups -OCH3 is 1. The molecule has 2 heterocycles. The van der Waals surface area contributed by atoms with Gasteiger partial charge in [0, 0.05) is 32.0 Å². The van der Waals surface area contributed by atoms with Crippen LogP contribution in [0.1, 0.15) is 18.4 Å². The van der Waals surface area contributed by atoms with Gasteiger partial charge in [0.25, 0.3) is 0 Å². The lowest BCUT2D eigenvalue weighted by Gasteiger charge is -2.34. The van der Waals surface area contributed by atoms with E-state index in [9.17, 15) is 0 Å². The number of piperidine rings is 1. The van der Waals surface area contributed by atoms with E-state index < -0.39 is 0 Å². The first-order valence-electron chi connectivity index (χ1n) is 5.78. The van der Waals surface area contributed by atoms with Crippen molar-refractivity contribution in [1.29, 1.82) is 5.41 Å². The van der Waals surface area contributed by atoms with Crippen molar-refractivity contribution in [3.63, 3.8) is 0 Å². The number of hydrogen-bond acceptors (Lipinski definition) is 4. The molecule has 1 saturated heterocycles. The summed E-state index contributed by atoms with van der Waals surface area (Å²) in [5.74, 6) is 0.0851. The van der Waals surface area contributed by atoms with E-state index in [1.807, 2.05) is 0 Å². The maximum atomic E-state index is 7.58. The molecule has 1 fully saturated rings. The number of anilines is 1. The van der Waals surface area contributed by atoms with Gasteiger partial charge in [0.2, 0.25) is 0 Å². The summed E-state index contributed by atoms with van der Waals surface area (Å²) < 4.78 is 5.40. The number of rotatable bonds is 3. The normalized spacial score (nSPS) is 20.3. The van der Waals surface area contributed by atoms with Gasteiger partial charge in [-0.25, -0.2) is 0 Å². The third-order valence-corrected chi connectivity index (χ3v) is 3.14. The van der Waals surface area contributed by atoms with Gasteiger partial charge in [-0.1, -0.05) is 0 Å². The highest BCUT2D eigenvalue weighted by atomic mass is 16.5. The molecule has 2 rings (SSSR count). The van der Waals surface area contributed by atoms with Crippen LogP contribution in [-0.2, 0) is 4.74 Å². The number of nitrogen functional groups attached to an aromatic ring is 1. The van der Waals surface area contributed by atoms with Crippen molar-refractivity contribution >= 4 is 11.5 Å². The Bertz CT molecular complexity index is 407. The molecule has 1 aromatic heterocycles. The second kappa shape index (κ2) is 5.14. The minimum atomic E-state index is 0.0851. The number of nitrogens with two attached hydrogens (primary N) is 1. The van der Waals surface area contributed by atoms with E-state index in [2.05, 4.69) is 9.88 Å². The highest BCUT2D eigenvalue weighted by Crippen LogP contribution is 2.23. The summed E-state index contributed by atoms with van der Waals surface area (Å²) in [7, 11) is 1.74. The third-order valence-electron chi connectivity index (χ3n) is 3.14. The molecule has 0 bridgehead atoms. The largest absolute Gasteiger partial charge is 0.384 e. The van der Waals surface area contributed by atoms with Crippen LogP contribution < -0.4 is 10.6 Å². The summed E-state index contributed by atoms with van der Waals surface area (Å²) in [5.41, 5.74) is 7.27. The highest BCUT2D eigenvalue weighted by Gasteiger charge is 2.22. The molecule has 1 aliphatic heterocycles. The van der Waals surface area contributed by atoms with Crippen LogP contribution in [0.25, 0.3) is 0 Å². The Morgan fingerprint density at radius 3 is 3.18 bits per heavy atom. The Kier molecular flexibility index (Phi) is 3.58.